The van der Waals surface area contributed by atoms with Gasteiger partial charge in [-0.1, -0.05) is 0 Å². The molecule has 0 N–H and O–H groups in total. The summed E-state index contributed by atoms with van der Waals surface area (Å²) < 4.78 is 42.4. The topological polar surface area (TPSA) is 78.9 Å². The van der Waals surface area contributed by atoms with Gasteiger partial charge in [0.15, 0.2) is 26.1 Å². The first-order chi connectivity index (χ1) is 4.85. The first-order valence-corrected chi connectivity index (χ1v) is 5.89. The fourth-order valence-electron chi connectivity index (χ4n) is 0.180. The van der Waals surface area contributed by atoms with Gasteiger partial charge in [0.1, 0.15) is 0 Å². The van der Waals surface area contributed by atoms with Crippen LogP contribution >= 0.6 is 34.7 Å². The molecule has 0 amide bonds. The molecule has 0 saturated heterocycles. The van der Waals surface area contributed by atoms with Crippen LogP contribution in [0.25, 0.3) is 0 Å². The number of hydrogen-bond acceptors (Lipinski definition) is 6. The highest BCUT2D eigenvalue weighted by Gasteiger charge is 2.08. The standard InChI is InChI=1S/H6O6P4/c1-7-4-10(5-8-2)6-9-3/h7-9H2. The van der Waals surface area contributed by atoms with E-state index in [1.165, 1.54) is 0 Å². The van der Waals surface area contributed by atoms with Crippen LogP contribution < -0.4 is 0 Å². The van der Waals surface area contributed by atoms with Crippen molar-refractivity contribution in [2.45, 2.75) is 0 Å². The molecule has 62 valence electrons. The summed E-state index contributed by atoms with van der Waals surface area (Å²) in [6.45, 7) is 0. The Bertz CT molecular complexity index is 97.1. The molecule has 0 aromatic rings. The summed E-state index contributed by atoms with van der Waals surface area (Å²) in [5.74, 6) is 0. The van der Waals surface area contributed by atoms with Gasteiger partial charge in [-0.05, 0) is 0 Å². The fourth-order valence-corrected chi connectivity index (χ4v) is 2.96. The van der Waals surface area contributed by atoms with E-state index in [9.17, 15) is 13.7 Å². The molecule has 6 nitrogen and oxygen atoms in total. The van der Waals surface area contributed by atoms with E-state index in [4.69, 9.17) is 0 Å². The van der Waals surface area contributed by atoms with E-state index in [0.29, 0.717) is 0 Å². The molecule has 0 aliphatic heterocycles. The highest BCUT2D eigenvalue weighted by Crippen LogP contribution is 2.49. The lowest BCUT2D eigenvalue weighted by atomic mass is 15.7. The minimum absolute atomic E-state index is 1.48. The van der Waals surface area contributed by atoms with Gasteiger partial charge in [0, 0.05) is 0 Å². The molecule has 10 heavy (non-hydrogen) atoms. The number of rotatable bonds is 6. The molecule has 0 saturated carbocycles. The van der Waals surface area contributed by atoms with E-state index in [-0.39, 0.29) is 0 Å². The second-order valence-corrected chi connectivity index (χ2v) is 4.38. The van der Waals surface area contributed by atoms with Crippen LogP contribution in [0, 0.1) is 0 Å². The Morgan fingerprint density at radius 3 is 1.30 bits per heavy atom. The summed E-state index contributed by atoms with van der Waals surface area (Å²) >= 11 is 0. The van der Waals surface area contributed by atoms with Crippen LogP contribution in [0.1, 0.15) is 0 Å². The molecule has 0 spiro atoms. The van der Waals surface area contributed by atoms with Crippen LogP contribution in [0.3, 0.4) is 0 Å². The van der Waals surface area contributed by atoms with Crippen molar-refractivity contribution in [2.75, 3.05) is 0 Å². The Morgan fingerprint density at radius 2 is 1.10 bits per heavy atom. The first kappa shape index (κ1) is 11.0. The summed E-state index contributed by atoms with van der Waals surface area (Å²) in [4.78, 5) is 0. The third-order valence-corrected chi connectivity index (χ3v) is 3.49. The first-order valence-electron chi connectivity index (χ1n) is 1.96. The zero-order chi connectivity index (χ0) is 7.82. The molecule has 3 unspecified atom stereocenters. The lowest BCUT2D eigenvalue weighted by Gasteiger charge is -2.03. The van der Waals surface area contributed by atoms with Crippen molar-refractivity contribution < 1.29 is 26.6 Å². The van der Waals surface area contributed by atoms with Gasteiger partial charge in [-0.15, -0.1) is 0 Å². The highest BCUT2D eigenvalue weighted by molar-refractivity contribution is 7.56. The SMILES string of the molecule is O=[PH2]OP(O[PH2]=O)O[PH2]=O. The molecule has 0 fully saturated rings. The molecule has 10 heteroatoms. The predicted molar refractivity (Wildman–Crippen MR) is 41.4 cm³/mol. The van der Waals surface area contributed by atoms with Gasteiger partial charge in [0.2, 0.25) is 0 Å². The van der Waals surface area contributed by atoms with Crippen molar-refractivity contribution in [3.05, 3.63) is 0 Å². The van der Waals surface area contributed by atoms with Gasteiger partial charge < -0.3 is 0 Å². The lowest BCUT2D eigenvalue weighted by Crippen LogP contribution is -1.69. The van der Waals surface area contributed by atoms with Gasteiger partial charge in [-0.25, -0.2) is 0 Å². The van der Waals surface area contributed by atoms with Crippen molar-refractivity contribution in [3.8, 4) is 0 Å². The quantitative estimate of drug-likeness (QED) is 0.634. The van der Waals surface area contributed by atoms with Crippen molar-refractivity contribution in [1.29, 1.82) is 0 Å². The summed E-state index contributed by atoms with van der Waals surface area (Å²) in [7, 11) is -6.33. The predicted octanol–water partition coefficient (Wildman–Crippen LogP) is 1.28. The van der Waals surface area contributed by atoms with Gasteiger partial charge in [-0.2, -0.15) is 0 Å². The van der Waals surface area contributed by atoms with Gasteiger partial charge in [0.25, 0.3) is 0 Å². The minimum atomic E-state index is -1.89. The van der Waals surface area contributed by atoms with Crippen LogP contribution in [0.2, 0.25) is 0 Å². The Kier molecular flexibility index (Phi) is 8.91. The maximum Gasteiger partial charge on any atom is 0.349 e. The molecule has 0 radical (unpaired) electrons. The summed E-state index contributed by atoms with van der Waals surface area (Å²) in [5.41, 5.74) is 0. The van der Waals surface area contributed by atoms with Crippen LogP contribution in [0.4, 0.5) is 0 Å². The zero-order valence-corrected chi connectivity index (χ0v) is 8.99. The van der Waals surface area contributed by atoms with Gasteiger partial charge in [0.05, 0.1) is 0 Å². The number of hydrogen-bond donors (Lipinski definition) is 0. The lowest BCUT2D eigenvalue weighted by molar-refractivity contribution is 0.414. The van der Waals surface area contributed by atoms with Crippen LogP contribution in [-0.2, 0) is 26.6 Å². The molecular weight excluding hydrogens is 220 g/mol. The Morgan fingerprint density at radius 1 is 0.800 bits per heavy atom. The summed E-state index contributed by atoms with van der Waals surface area (Å²) in [6.07, 6.45) is 0. The average molecular weight is 226 g/mol. The summed E-state index contributed by atoms with van der Waals surface area (Å²) in [6, 6.07) is 0. The normalized spacial score (nSPS) is 16.8. The third-order valence-electron chi connectivity index (χ3n) is 0.387. The van der Waals surface area contributed by atoms with E-state index in [1.54, 1.807) is 0 Å². The zero-order valence-electron chi connectivity index (χ0n) is 4.63. The van der Waals surface area contributed by atoms with E-state index < -0.39 is 34.7 Å². The second-order valence-electron chi connectivity index (χ2n) is 0.829. The van der Waals surface area contributed by atoms with Crippen LogP contribution in [-0.4, -0.2) is 0 Å². The Labute approximate surface area is 62.1 Å². The largest absolute Gasteiger partial charge is 0.349 e. The average Bonchev–Trinajstić information content (AvgIpc) is 1.90. The molecule has 0 rings (SSSR count). The maximum atomic E-state index is 9.82. The van der Waals surface area contributed by atoms with E-state index in [2.05, 4.69) is 12.9 Å². The second kappa shape index (κ2) is 8.10. The Balaban J connectivity index is 3.58. The van der Waals surface area contributed by atoms with Gasteiger partial charge >= 0.3 is 8.60 Å². The van der Waals surface area contributed by atoms with Crippen molar-refractivity contribution in [3.63, 3.8) is 0 Å². The molecule has 0 aliphatic carbocycles. The van der Waals surface area contributed by atoms with Crippen molar-refractivity contribution >= 4 is 34.7 Å². The van der Waals surface area contributed by atoms with E-state index in [0.717, 1.165) is 0 Å². The van der Waals surface area contributed by atoms with Gasteiger partial charge in [-0.3, -0.25) is 26.6 Å². The molecule has 0 heterocycles. The maximum absolute atomic E-state index is 9.82. The van der Waals surface area contributed by atoms with Crippen LogP contribution in [0.5, 0.6) is 0 Å². The highest BCUT2D eigenvalue weighted by atomic mass is 31.2. The molecule has 3 atom stereocenters. The minimum Gasteiger partial charge on any atom is -0.299 e. The molecule has 0 aromatic heterocycles. The third kappa shape index (κ3) is 5.76. The van der Waals surface area contributed by atoms with E-state index >= 15 is 0 Å². The van der Waals surface area contributed by atoms with Crippen molar-refractivity contribution in [2.24, 2.45) is 0 Å². The van der Waals surface area contributed by atoms with E-state index in [1.807, 2.05) is 0 Å². The molecule has 0 aliphatic rings. The molecule has 0 bridgehead atoms. The van der Waals surface area contributed by atoms with Crippen LogP contribution in [0.15, 0.2) is 0 Å². The Hall–Kier alpha value is 1.00. The van der Waals surface area contributed by atoms with Crippen molar-refractivity contribution in [1.82, 2.24) is 0 Å². The monoisotopic (exact) mass is 226 g/mol. The fraction of sp³-hybridized carbons (Fsp3) is 0. The smallest absolute Gasteiger partial charge is 0.299 e. The molecular formula is H6O6P4. The molecule has 0 aromatic carbocycles. The summed E-state index contributed by atoms with van der Waals surface area (Å²) in [5, 5.41) is 0.